The van der Waals surface area contributed by atoms with Crippen LogP contribution in [0.3, 0.4) is 0 Å². The van der Waals surface area contributed by atoms with Crippen LogP contribution < -0.4 is 9.54 Å². The summed E-state index contributed by atoms with van der Waals surface area (Å²) in [4.78, 5) is 13.1. The monoisotopic (exact) mass is 324 g/mol. The third-order valence-corrected chi connectivity index (χ3v) is 4.41. The maximum atomic E-state index is 10.9. The molecule has 1 aliphatic rings. The van der Waals surface area contributed by atoms with Crippen molar-refractivity contribution in [1.29, 1.82) is 5.41 Å². The number of thiazole rings is 1. The number of hydrogen-bond acceptors (Lipinski definition) is 7. The van der Waals surface area contributed by atoms with Gasteiger partial charge in [-0.3, -0.25) is 10.3 Å². The smallest absolute Gasteiger partial charge is 0.248 e. The molecule has 3 rings (SSSR count). The Bertz CT molecular complexity index is 735. The van der Waals surface area contributed by atoms with Gasteiger partial charge in [0.2, 0.25) is 4.80 Å². The highest BCUT2D eigenvalue weighted by molar-refractivity contribution is 7.16. The highest BCUT2D eigenvalue weighted by Crippen LogP contribution is 2.23. The van der Waals surface area contributed by atoms with Gasteiger partial charge < -0.3 is 9.47 Å². The van der Waals surface area contributed by atoms with Gasteiger partial charge in [-0.1, -0.05) is 11.3 Å². The van der Waals surface area contributed by atoms with Crippen LogP contribution in [-0.4, -0.2) is 54.1 Å². The molecule has 0 spiro atoms. The van der Waals surface area contributed by atoms with E-state index in [4.69, 9.17) is 14.9 Å². The molecule has 8 nitrogen and oxygen atoms in total. The zero-order valence-corrected chi connectivity index (χ0v) is 12.7. The highest BCUT2D eigenvalue weighted by Gasteiger charge is 2.14. The molecule has 9 heteroatoms. The van der Waals surface area contributed by atoms with Crippen molar-refractivity contribution < 1.29 is 14.5 Å². The summed E-state index contributed by atoms with van der Waals surface area (Å²) in [7, 11) is 0. The predicted molar refractivity (Wildman–Crippen MR) is 80.8 cm³/mol. The molecule has 2 heterocycles. The minimum Gasteiger partial charge on any atom is -0.492 e. The Labute approximate surface area is 130 Å². The Kier molecular flexibility index (Phi) is 4.36. The number of rotatable bonds is 5. The lowest BCUT2D eigenvalue weighted by Crippen LogP contribution is -2.38. The fourth-order valence-corrected chi connectivity index (χ4v) is 3.27. The van der Waals surface area contributed by atoms with Gasteiger partial charge in [0.05, 0.1) is 17.9 Å². The van der Waals surface area contributed by atoms with Crippen LogP contribution in [0, 0.1) is 15.5 Å². The van der Waals surface area contributed by atoms with Crippen LogP contribution in [0.25, 0.3) is 10.2 Å². The minimum atomic E-state index is -0.583. The van der Waals surface area contributed by atoms with Gasteiger partial charge in [0, 0.05) is 19.6 Å². The first kappa shape index (κ1) is 14.9. The largest absolute Gasteiger partial charge is 0.492 e. The maximum Gasteiger partial charge on any atom is 0.248 e. The summed E-state index contributed by atoms with van der Waals surface area (Å²) in [5, 5.41) is 18.0. The number of fused-ring (bicyclic) bond motifs is 1. The third-order valence-electron chi connectivity index (χ3n) is 3.50. The lowest BCUT2D eigenvalue weighted by Gasteiger charge is -2.26. The van der Waals surface area contributed by atoms with Crippen LogP contribution in [0.1, 0.15) is 0 Å². The van der Waals surface area contributed by atoms with Gasteiger partial charge in [0.25, 0.3) is 0 Å². The van der Waals surface area contributed by atoms with Crippen molar-refractivity contribution in [2.45, 2.75) is 0 Å². The number of ether oxygens (including phenoxy) is 2. The van der Waals surface area contributed by atoms with E-state index in [-0.39, 0.29) is 4.80 Å². The Hall–Kier alpha value is -1.97. The first-order valence-electron chi connectivity index (χ1n) is 6.93. The van der Waals surface area contributed by atoms with Gasteiger partial charge in [0.1, 0.15) is 17.9 Å². The lowest BCUT2D eigenvalue weighted by molar-refractivity contribution is -0.540. The van der Waals surface area contributed by atoms with Crippen molar-refractivity contribution in [3.8, 4) is 5.75 Å². The summed E-state index contributed by atoms with van der Waals surface area (Å²) in [6.45, 7) is 4.73. The molecule has 0 saturated carbocycles. The summed E-state index contributed by atoms with van der Waals surface area (Å²) in [5.41, 5.74) is 0.417. The topological polar surface area (TPSA) is 93.6 Å². The number of morpholine rings is 1. The zero-order chi connectivity index (χ0) is 15.5. The summed E-state index contributed by atoms with van der Waals surface area (Å²) < 4.78 is 12.4. The molecule has 0 aliphatic carbocycles. The number of hydrogen-bond donors (Lipinski definition) is 1. The first-order chi connectivity index (χ1) is 10.6. The Balaban J connectivity index is 1.67. The van der Waals surface area contributed by atoms with Crippen LogP contribution in [0.5, 0.6) is 5.75 Å². The standard InChI is InChI=1S/C13H16N4O4S/c14-13-16(17(18)19)11-2-1-10(9-12(11)22-13)21-8-5-15-3-6-20-7-4-15/h1-2,9,14H,3-8H2. The second kappa shape index (κ2) is 6.42. The average molecular weight is 324 g/mol. The van der Waals surface area contributed by atoms with Crippen LogP contribution in [0.2, 0.25) is 0 Å². The zero-order valence-electron chi connectivity index (χ0n) is 11.9. The lowest BCUT2D eigenvalue weighted by atomic mass is 10.3. The fourth-order valence-electron chi connectivity index (χ4n) is 2.38. The molecule has 1 aromatic carbocycles. The average Bonchev–Trinajstić information content (AvgIpc) is 2.83. The van der Waals surface area contributed by atoms with Gasteiger partial charge in [-0.05, 0) is 22.9 Å². The van der Waals surface area contributed by atoms with Gasteiger partial charge in [-0.2, -0.15) is 0 Å². The minimum absolute atomic E-state index is 0.106. The number of benzene rings is 1. The third kappa shape index (κ3) is 3.11. The molecule has 1 N–H and O–H groups in total. The van der Waals surface area contributed by atoms with E-state index >= 15 is 0 Å². The van der Waals surface area contributed by atoms with Gasteiger partial charge in [0.15, 0.2) is 5.03 Å². The number of nitrogens with zero attached hydrogens (tertiary/aromatic N) is 3. The molecule has 0 atom stereocenters. The van der Waals surface area contributed by atoms with E-state index in [2.05, 4.69) is 4.90 Å². The first-order valence-corrected chi connectivity index (χ1v) is 7.74. The van der Waals surface area contributed by atoms with Crippen LogP contribution in [0.15, 0.2) is 18.2 Å². The molecule has 1 saturated heterocycles. The predicted octanol–water partition coefficient (Wildman–Crippen LogP) is 0.933. The molecule has 118 valence electrons. The van der Waals surface area contributed by atoms with E-state index in [0.717, 1.165) is 48.9 Å². The maximum absolute atomic E-state index is 10.9. The van der Waals surface area contributed by atoms with Crippen LogP contribution >= 0.6 is 11.3 Å². The van der Waals surface area contributed by atoms with Crippen LogP contribution in [0.4, 0.5) is 0 Å². The second-order valence-corrected chi connectivity index (χ2v) is 5.92. The molecule has 1 aromatic heterocycles. The molecule has 0 radical (unpaired) electrons. The SMILES string of the molecule is N=c1sc2cc(OCCN3CCOCC3)ccc2n1[N+](=O)[O-]. The van der Waals surface area contributed by atoms with Crippen molar-refractivity contribution in [3.63, 3.8) is 0 Å². The normalized spacial score (nSPS) is 16.0. The van der Waals surface area contributed by atoms with Gasteiger partial charge >= 0.3 is 0 Å². The van der Waals surface area contributed by atoms with Crippen molar-refractivity contribution in [3.05, 3.63) is 33.1 Å². The van der Waals surface area contributed by atoms with Gasteiger partial charge in [-0.15, -0.1) is 0 Å². The fraction of sp³-hybridized carbons (Fsp3) is 0.462. The molecule has 0 bridgehead atoms. The molecule has 0 unspecified atom stereocenters. The van der Waals surface area contributed by atoms with E-state index in [1.807, 2.05) is 0 Å². The molecular formula is C13H16N4O4S. The molecule has 2 aromatic rings. The van der Waals surface area contributed by atoms with Crippen molar-refractivity contribution >= 4 is 21.6 Å². The van der Waals surface area contributed by atoms with E-state index in [1.165, 1.54) is 0 Å². The Morgan fingerprint density at radius 1 is 1.41 bits per heavy atom. The second-order valence-electron chi connectivity index (χ2n) is 4.89. The molecule has 0 amide bonds. The molecular weight excluding hydrogens is 308 g/mol. The summed E-state index contributed by atoms with van der Waals surface area (Å²) >= 11 is 1.06. The highest BCUT2D eigenvalue weighted by atomic mass is 32.1. The molecule has 1 aliphatic heterocycles. The number of nitro groups is 1. The van der Waals surface area contributed by atoms with Crippen LogP contribution in [-0.2, 0) is 4.74 Å². The van der Waals surface area contributed by atoms with Gasteiger partial charge in [-0.25, -0.2) is 10.1 Å². The van der Waals surface area contributed by atoms with Crippen molar-refractivity contribution in [2.24, 2.45) is 0 Å². The number of nitrogens with one attached hydrogen (secondary N) is 1. The summed E-state index contributed by atoms with van der Waals surface area (Å²) in [6.07, 6.45) is 0. The van der Waals surface area contributed by atoms with Crippen molar-refractivity contribution in [1.82, 2.24) is 9.58 Å². The van der Waals surface area contributed by atoms with E-state index < -0.39 is 5.03 Å². The van der Waals surface area contributed by atoms with E-state index in [9.17, 15) is 10.1 Å². The number of aromatic nitrogens is 1. The summed E-state index contributed by atoms with van der Waals surface area (Å²) in [5.74, 6) is 0.664. The molecule has 1 fully saturated rings. The molecule has 22 heavy (non-hydrogen) atoms. The summed E-state index contributed by atoms with van der Waals surface area (Å²) in [6, 6.07) is 5.07. The van der Waals surface area contributed by atoms with E-state index in [0.29, 0.717) is 22.6 Å². The Morgan fingerprint density at radius 3 is 2.91 bits per heavy atom. The Morgan fingerprint density at radius 2 is 2.18 bits per heavy atom. The van der Waals surface area contributed by atoms with Crippen molar-refractivity contribution in [2.75, 3.05) is 39.5 Å². The van der Waals surface area contributed by atoms with E-state index in [1.54, 1.807) is 18.2 Å². The quantitative estimate of drug-likeness (QED) is 0.652.